The molecule has 0 saturated carbocycles. The molecule has 1 heterocycles. The number of fused-ring (bicyclic) bond motifs is 1. The Kier molecular flexibility index (Phi) is 7.29. The largest absolute Gasteiger partial charge is 0.398 e. The second-order valence-corrected chi connectivity index (χ2v) is 10.8. The summed E-state index contributed by atoms with van der Waals surface area (Å²) in [4.78, 5) is 4.89. The maximum atomic E-state index is 13.6. The normalized spacial score (nSPS) is 11.8. The molecule has 0 bridgehead atoms. The average Bonchev–Trinajstić information content (AvgIpc) is 2.74. The summed E-state index contributed by atoms with van der Waals surface area (Å²) < 4.78 is 31.9. The first-order valence-electron chi connectivity index (χ1n) is 11.0. The van der Waals surface area contributed by atoms with Crippen LogP contribution in [0.4, 0.5) is 15.9 Å². The van der Waals surface area contributed by atoms with Gasteiger partial charge in [0, 0.05) is 39.9 Å². The van der Waals surface area contributed by atoms with E-state index in [-0.39, 0.29) is 11.7 Å². The summed E-state index contributed by atoms with van der Waals surface area (Å²) in [6.45, 7) is 8.08. The molecule has 0 atom stereocenters. The van der Waals surface area contributed by atoms with Gasteiger partial charge >= 0.3 is 0 Å². The van der Waals surface area contributed by atoms with Crippen molar-refractivity contribution in [2.24, 2.45) is 4.36 Å². The van der Waals surface area contributed by atoms with Crippen molar-refractivity contribution in [3.8, 4) is 11.1 Å². The number of pyridine rings is 1. The Morgan fingerprint density at radius 1 is 1.12 bits per heavy atom. The van der Waals surface area contributed by atoms with Crippen LogP contribution in [-0.2, 0) is 9.73 Å². The zero-order chi connectivity index (χ0) is 23.5. The van der Waals surface area contributed by atoms with E-state index in [9.17, 15) is 8.60 Å². The average molecular weight is 455 g/mol. The lowest BCUT2D eigenvalue weighted by Crippen LogP contribution is -2.10. The Hall–Kier alpha value is -2.80. The molecule has 5 nitrogen and oxygen atoms in total. The number of anilines is 1. The van der Waals surface area contributed by atoms with Gasteiger partial charge in [0.25, 0.3) is 0 Å². The summed E-state index contributed by atoms with van der Waals surface area (Å²) in [7, 11) is -2.46. The minimum absolute atomic E-state index is 0.0442. The highest BCUT2D eigenvalue weighted by molar-refractivity contribution is 7.93. The topological polar surface area (TPSA) is 92.2 Å². The van der Waals surface area contributed by atoms with Gasteiger partial charge in [-0.25, -0.2) is 13.6 Å². The smallest absolute Gasteiger partial charge is 0.169 e. The minimum Gasteiger partial charge on any atom is -0.398 e. The molecule has 3 aromatic rings. The molecule has 0 radical (unpaired) electrons. The van der Waals surface area contributed by atoms with Gasteiger partial charge in [0.05, 0.1) is 15.4 Å². The quantitative estimate of drug-likeness (QED) is 0.294. The number of nitrogens with one attached hydrogen (secondary N) is 1. The number of rotatable bonds is 8. The Morgan fingerprint density at radius 2 is 1.75 bits per heavy atom. The van der Waals surface area contributed by atoms with E-state index >= 15 is 0 Å². The van der Waals surface area contributed by atoms with E-state index in [0.717, 1.165) is 35.0 Å². The highest BCUT2D eigenvalue weighted by atomic mass is 32.2. The van der Waals surface area contributed by atoms with E-state index in [1.165, 1.54) is 18.3 Å². The first kappa shape index (κ1) is 23.9. The lowest BCUT2D eigenvalue weighted by Gasteiger charge is -2.19. The molecule has 170 valence electrons. The number of nitrogens with two attached hydrogens (primary N) is 1. The Bertz CT molecular complexity index is 1250. The lowest BCUT2D eigenvalue weighted by atomic mass is 9.91. The van der Waals surface area contributed by atoms with Crippen molar-refractivity contribution in [1.82, 2.24) is 4.98 Å². The van der Waals surface area contributed by atoms with Crippen molar-refractivity contribution in [3.63, 3.8) is 0 Å². The second kappa shape index (κ2) is 9.77. The monoisotopic (exact) mass is 454 g/mol. The van der Waals surface area contributed by atoms with Gasteiger partial charge in [-0.15, -0.1) is 0 Å². The van der Waals surface area contributed by atoms with Crippen molar-refractivity contribution in [2.75, 3.05) is 17.2 Å². The van der Waals surface area contributed by atoms with Crippen LogP contribution in [0.2, 0.25) is 0 Å². The Labute approximate surface area is 190 Å². The van der Waals surface area contributed by atoms with E-state index in [1.807, 2.05) is 33.8 Å². The maximum Gasteiger partial charge on any atom is 0.169 e. The first-order valence-corrected chi connectivity index (χ1v) is 12.8. The number of halogens is 1. The van der Waals surface area contributed by atoms with Crippen LogP contribution in [0.1, 0.15) is 57.7 Å². The Balaban J connectivity index is 2.49. The van der Waals surface area contributed by atoms with Crippen LogP contribution in [0.25, 0.3) is 21.9 Å². The van der Waals surface area contributed by atoms with Crippen LogP contribution in [-0.4, -0.2) is 26.9 Å². The van der Waals surface area contributed by atoms with E-state index in [2.05, 4.69) is 0 Å². The number of hydrogen-bond donors (Lipinski definition) is 2. The van der Waals surface area contributed by atoms with Crippen molar-refractivity contribution in [1.29, 1.82) is 5.41 Å². The molecule has 7 heteroatoms. The molecule has 3 N–H and O–H groups in total. The van der Waals surface area contributed by atoms with Gasteiger partial charge in [-0.3, -0.25) is 0 Å². The second-order valence-electron chi connectivity index (χ2n) is 8.30. The minimum atomic E-state index is -2.46. The predicted octanol–water partition coefficient (Wildman–Crippen LogP) is 6.66. The molecule has 0 spiro atoms. The van der Waals surface area contributed by atoms with Crippen molar-refractivity contribution >= 4 is 38.2 Å². The van der Waals surface area contributed by atoms with Gasteiger partial charge in [-0.2, -0.15) is 4.36 Å². The summed E-state index contributed by atoms with van der Waals surface area (Å²) in [5, 5.41) is 9.28. The molecule has 1 aromatic heterocycles. The number of nitrogen functional groups attached to an aromatic ring is 1. The number of nitrogens with zero attached hydrogens (tertiary/aromatic N) is 2. The standard InChI is InChI=1S/C25H31FN4OS/c1-5-11-32(31,12-6-2)30-25-21-14-22(28)18(15-27)13-20(21)23(24(29-25)16(3)4)17-7-9-19(26)10-8-17/h7-10,13-16,27H,5-6,11-12,28H2,1-4H3. The summed E-state index contributed by atoms with van der Waals surface area (Å²) in [6.07, 6.45) is 2.75. The van der Waals surface area contributed by atoms with Crippen LogP contribution in [0.3, 0.4) is 0 Å². The van der Waals surface area contributed by atoms with E-state index in [1.54, 1.807) is 18.2 Å². The van der Waals surface area contributed by atoms with Crippen LogP contribution in [0, 0.1) is 11.2 Å². The third-order valence-corrected chi connectivity index (χ3v) is 7.95. The first-order chi connectivity index (χ1) is 15.2. The van der Waals surface area contributed by atoms with E-state index in [4.69, 9.17) is 20.5 Å². The van der Waals surface area contributed by atoms with Crippen molar-refractivity contribution < 1.29 is 8.60 Å². The van der Waals surface area contributed by atoms with Crippen LogP contribution in [0.5, 0.6) is 0 Å². The molecular formula is C25H31FN4OS. The molecule has 32 heavy (non-hydrogen) atoms. The fourth-order valence-electron chi connectivity index (χ4n) is 3.91. The lowest BCUT2D eigenvalue weighted by molar-refractivity contribution is 0.628. The van der Waals surface area contributed by atoms with Gasteiger partial charge in [0.1, 0.15) is 5.82 Å². The third-order valence-electron chi connectivity index (χ3n) is 5.35. The van der Waals surface area contributed by atoms with Crippen LogP contribution >= 0.6 is 0 Å². The van der Waals surface area contributed by atoms with Crippen LogP contribution in [0.15, 0.2) is 40.8 Å². The number of aromatic nitrogens is 1. The zero-order valence-electron chi connectivity index (χ0n) is 19.1. The molecule has 0 aliphatic heterocycles. The van der Waals surface area contributed by atoms with E-state index in [0.29, 0.717) is 34.0 Å². The Morgan fingerprint density at radius 3 is 2.28 bits per heavy atom. The fourth-order valence-corrected chi connectivity index (χ4v) is 6.03. The summed E-state index contributed by atoms with van der Waals surface area (Å²) >= 11 is 0. The van der Waals surface area contributed by atoms with Crippen LogP contribution < -0.4 is 5.73 Å². The van der Waals surface area contributed by atoms with Gasteiger partial charge < -0.3 is 11.1 Å². The molecule has 3 rings (SSSR count). The summed E-state index contributed by atoms with van der Waals surface area (Å²) in [5.41, 5.74) is 9.70. The van der Waals surface area contributed by atoms with Gasteiger partial charge in [0.2, 0.25) is 0 Å². The predicted molar refractivity (Wildman–Crippen MR) is 134 cm³/mol. The molecule has 0 amide bonds. The highest BCUT2D eigenvalue weighted by Gasteiger charge is 2.20. The molecule has 0 aliphatic carbocycles. The van der Waals surface area contributed by atoms with Crippen molar-refractivity contribution in [3.05, 3.63) is 53.5 Å². The highest BCUT2D eigenvalue weighted by Crippen LogP contribution is 2.40. The summed E-state index contributed by atoms with van der Waals surface area (Å²) in [5.74, 6) is 1.17. The molecule has 0 fully saturated rings. The molecule has 2 aromatic carbocycles. The number of benzene rings is 2. The fraction of sp³-hybridized carbons (Fsp3) is 0.360. The molecule has 0 aliphatic rings. The van der Waals surface area contributed by atoms with E-state index < -0.39 is 9.73 Å². The van der Waals surface area contributed by atoms with Gasteiger partial charge in [-0.1, -0.05) is 39.8 Å². The van der Waals surface area contributed by atoms with Crippen molar-refractivity contribution in [2.45, 2.75) is 46.5 Å². The maximum absolute atomic E-state index is 13.6. The molecule has 0 saturated heterocycles. The van der Waals surface area contributed by atoms with Gasteiger partial charge in [-0.05, 0) is 54.0 Å². The summed E-state index contributed by atoms with van der Waals surface area (Å²) in [6, 6.07) is 9.92. The SMILES string of the molecule is CCCS(=O)(CCC)=Nc1nc(C(C)C)c(-c2ccc(F)cc2)c2cc(C=N)c(N)cc12. The molecular weight excluding hydrogens is 423 g/mol. The zero-order valence-corrected chi connectivity index (χ0v) is 19.9. The number of hydrogen-bond acceptors (Lipinski definition) is 5. The van der Waals surface area contributed by atoms with Gasteiger partial charge in [0.15, 0.2) is 5.82 Å². The third kappa shape index (κ3) is 4.83. The molecule has 0 unspecified atom stereocenters.